The molecular weight excluding hydrogens is 234 g/mol. The minimum Gasteiger partial charge on any atom is -0.492 e. The Morgan fingerprint density at radius 3 is 3.11 bits per heavy atom. The summed E-state index contributed by atoms with van der Waals surface area (Å²) in [5.74, 6) is 0.157. The summed E-state index contributed by atoms with van der Waals surface area (Å²) in [6.07, 6.45) is 5.12. The van der Waals surface area contributed by atoms with Crippen LogP contribution in [0.1, 0.15) is 12.1 Å². The van der Waals surface area contributed by atoms with Gasteiger partial charge in [-0.1, -0.05) is 0 Å². The van der Waals surface area contributed by atoms with Crippen LogP contribution in [0, 0.1) is 5.92 Å². The molecule has 1 aliphatic rings. The molecule has 1 saturated heterocycles. The Morgan fingerprint density at radius 2 is 2.50 bits per heavy atom. The number of hydrogen-bond acceptors (Lipinski definition) is 4. The summed E-state index contributed by atoms with van der Waals surface area (Å²) in [6.45, 7) is 2.20. The third-order valence-electron chi connectivity index (χ3n) is 2.67. The van der Waals surface area contributed by atoms with Crippen molar-refractivity contribution >= 4 is 12.0 Å². The van der Waals surface area contributed by atoms with Crippen LogP contribution in [0.5, 0.6) is 5.75 Å². The van der Waals surface area contributed by atoms with Crippen molar-refractivity contribution in [1.29, 1.82) is 0 Å². The van der Waals surface area contributed by atoms with Gasteiger partial charge in [0.15, 0.2) is 0 Å². The highest BCUT2D eigenvalue weighted by atomic mass is 16.5. The van der Waals surface area contributed by atoms with Crippen LogP contribution >= 0.6 is 0 Å². The van der Waals surface area contributed by atoms with Gasteiger partial charge in [0.05, 0.1) is 25.1 Å². The van der Waals surface area contributed by atoms with E-state index in [1.165, 1.54) is 6.08 Å². The van der Waals surface area contributed by atoms with Crippen molar-refractivity contribution in [2.45, 2.75) is 6.42 Å². The van der Waals surface area contributed by atoms with E-state index in [2.05, 4.69) is 4.98 Å². The van der Waals surface area contributed by atoms with Gasteiger partial charge >= 0.3 is 5.97 Å². The molecule has 0 aliphatic carbocycles. The maximum absolute atomic E-state index is 10.3. The quantitative estimate of drug-likeness (QED) is 0.803. The van der Waals surface area contributed by atoms with Crippen molar-refractivity contribution in [3.8, 4) is 5.75 Å². The first-order valence-corrected chi connectivity index (χ1v) is 5.81. The number of carboxylic acids is 1. The van der Waals surface area contributed by atoms with E-state index in [4.69, 9.17) is 14.6 Å². The smallest absolute Gasteiger partial charge is 0.328 e. The molecule has 1 atom stereocenters. The van der Waals surface area contributed by atoms with E-state index in [-0.39, 0.29) is 0 Å². The molecule has 1 N–H and O–H groups in total. The highest BCUT2D eigenvalue weighted by Gasteiger charge is 2.16. The van der Waals surface area contributed by atoms with Crippen molar-refractivity contribution < 1.29 is 19.4 Å². The molecule has 0 spiro atoms. The normalized spacial score (nSPS) is 19.2. The van der Waals surface area contributed by atoms with Crippen LogP contribution in [-0.2, 0) is 9.53 Å². The molecule has 2 heterocycles. The number of carbonyl (C=O) groups is 1. The zero-order valence-corrected chi connectivity index (χ0v) is 9.91. The number of carboxylic acid groups (broad SMARTS) is 1. The lowest BCUT2D eigenvalue weighted by molar-refractivity contribution is -0.131. The summed E-state index contributed by atoms with van der Waals surface area (Å²) < 4.78 is 10.8. The van der Waals surface area contributed by atoms with E-state index in [0.717, 1.165) is 25.7 Å². The average Bonchev–Trinajstić information content (AvgIpc) is 2.88. The molecule has 0 amide bonds. The van der Waals surface area contributed by atoms with Gasteiger partial charge in [0, 0.05) is 18.6 Å². The Morgan fingerprint density at radius 1 is 1.61 bits per heavy atom. The van der Waals surface area contributed by atoms with Crippen LogP contribution in [-0.4, -0.2) is 35.9 Å². The molecule has 1 aromatic heterocycles. The molecule has 96 valence electrons. The Kier molecular flexibility index (Phi) is 4.30. The molecule has 1 aromatic rings. The number of pyridine rings is 1. The summed E-state index contributed by atoms with van der Waals surface area (Å²) in [6, 6.07) is 3.50. The molecule has 18 heavy (non-hydrogen) atoms. The summed E-state index contributed by atoms with van der Waals surface area (Å²) in [5, 5.41) is 8.48. The predicted molar refractivity (Wildman–Crippen MR) is 65.3 cm³/mol. The number of hydrogen-bond donors (Lipinski definition) is 1. The predicted octanol–water partition coefficient (Wildman–Crippen LogP) is 1.59. The highest BCUT2D eigenvalue weighted by molar-refractivity contribution is 5.84. The van der Waals surface area contributed by atoms with Crippen molar-refractivity contribution in [3.63, 3.8) is 0 Å². The number of aliphatic carboxylic acids is 1. The molecule has 5 nitrogen and oxygen atoms in total. The second kappa shape index (κ2) is 6.16. The molecule has 2 rings (SSSR count). The number of rotatable bonds is 5. The molecule has 1 unspecified atom stereocenters. The fourth-order valence-electron chi connectivity index (χ4n) is 1.66. The van der Waals surface area contributed by atoms with Gasteiger partial charge in [0.1, 0.15) is 5.75 Å². The van der Waals surface area contributed by atoms with Gasteiger partial charge in [0.2, 0.25) is 0 Å². The lowest BCUT2D eigenvalue weighted by Crippen LogP contribution is -2.11. The third-order valence-corrected chi connectivity index (χ3v) is 2.67. The van der Waals surface area contributed by atoms with E-state index < -0.39 is 5.97 Å². The Balaban J connectivity index is 1.85. The maximum atomic E-state index is 10.3. The molecule has 1 fully saturated rings. The van der Waals surface area contributed by atoms with E-state index in [9.17, 15) is 4.79 Å². The Hall–Kier alpha value is -1.88. The third kappa shape index (κ3) is 3.85. The number of nitrogens with zero attached hydrogens (tertiary/aromatic N) is 1. The molecule has 0 aromatic carbocycles. The molecular formula is C13H15NO4. The first-order chi connectivity index (χ1) is 8.74. The molecule has 0 saturated carbocycles. The minimum atomic E-state index is -0.988. The zero-order chi connectivity index (χ0) is 12.8. The summed E-state index contributed by atoms with van der Waals surface area (Å²) in [4.78, 5) is 14.4. The molecule has 5 heteroatoms. The van der Waals surface area contributed by atoms with Gasteiger partial charge in [0.25, 0.3) is 0 Å². The number of ether oxygens (including phenoxy) is 2. The van der Waals surface area contributed by atoms with Gasteiger partial charge in [-0.2, -0.15) is 0 Å². The first kappa shape index (κ1) is 12.6. The second-order valence-electron chi connectivity index (χ2n) is 4.13. The van der Waals surface area contributed by atoms with Crippen molar-refractivity contribution in [2.75, 3.05) is 19.8 Å². The van der Waals surface area contributed by atoms with Crippen LogP contribution in [0.15, 0.2) is 24.4 Å². The van der Waals surface area contributed by atoms with Crippen LogP contribution in [0.4, 0.5) is 0 Å². The van der Waals surface area contributed by atoms with Crippen LogP contribution in [0.2, 0.25) is 0 Å². The van der Waals surface area contributed by atoms with E-state index >= 15 is 0 Å². The average molecular weight is 249 g/mol. The van der Waals surface area contributed by atoms with Crippen LogP contribution in [0.3, 0.4) is 0 Å². The fraction of sp³-hybridized carbons (Fsp3) is 0.385. The lowest BCUT2D eigenvalue weighted by atomic mass is 10.1. The van der Waals surface area contributed by atoms with Gasteiger partial charge < -0.3 is 14.6 Å². The maximum Gasteiger partial charge on any atom is 0.328 e. The Bertz CT molecular complexity index is 421. The molecule has 0 bridgehead atoms. The van der Waals surface area contributed by atoms with Gasteiger partial charge in [-0.15, -0.1) is 0 Å². The van der Waals surface area contributed by atoms with Gasteiger partial charge in [-0.3, -0.25) is 4.98 Å². The fourth-order valence-corrected chi connectivity index (χ4v) is 1.66. The van der Waals surface area contributed by atoms with Crippen molar-refractivity contribution in [2.24, 2.45) is 5.92 Å². The second-order valence-corrected chi connectivity index (χ2v) is 4.13. The summed E-state index contributed by atoms with van der Waals surface area (Å²) in [5.41, 5.74) is 0.592. The highest BCUT2D eigenvalue weighted by Crippen LogP contribution is 2.16. The summed E-state index contributed by atoms with van der Waals surface area (Å²) in [7, 11) is 0. The number of aromatic nitrogens is 1. The van der Waals surface area contributed by atoms with Crippen LogP contribution < -0.4 is 4.74 Å². The van der Waals surface area contributed by atoms with Gasteiger partial charge in [-0.05, 0) is 24.6 Å². The topological polar surface area (TPSA) is 68.7 Å². The first-order valence-electron chi connectivity index (χ1n) is 5.81. The van der Waals surface area contributed by atoms with Crippen molar-refractivity contribution in [3.05, 3.63) is 30.1 Å². The van der Waals surface area contributed by atoms with Crippen molar-refractivity contribution in [1.82, 2.24) is 4.98 Å². The largest absolute Gasteiger partial charge is 0.492 e. The van der Waals surface area contributed by atoms with E-state index in [1.54, 1.807) is 18.3 Å². The summed E-state index contributed by atoms with van der Waals surface area (Å²) >= 11 is 0. The molecule has 0 radical (unpaired) electrons. The Labute approximate surface area is 105 Å². The van der Waals surface area contributed by atoms with E-state index in [0.29, 0.717) is 24.0 Å². The standard InChI is InChI=1S/C13H15NO4/c15-13(16)4-2-11-1-3-12(7-14-11)18-9-10-5-6-17-8-10/h1-4,7,10H,5-6,8-9H2,(H,15,16). The van der Waals surface area contributed by atoms with E-state index in [1.807, 2.05) is 0 Å². The SMILES string of the molecule is O=C(O)C=Cc1ccc(OCC2CCOC2)cn1. The minimum absolute atomic E-state index is 0.455. The van der Waals surface area contributed by atoms with Gasteiger partial charge in [-0.25, -0.2) is 4.79 Å². The molecule has 1 aliphatic heterocycles. The monoisotopic (exact) mass is 249 g/mol. The lowest BCUT2D eigenvalue weighted by Gasteiger charge is -2.09. The van der Waals surface area contributed by atoms with Crippen LogP contribution in [0.25, 0.3) is 6.08 Å². The zero-order valence-electron chi connectivity index (χ0n) is 9.91.